The Morgan fingerprint density at radius 1 is 1.13 bits per heavy atom. The maximum absolute atomic E-state index is 13.0. The second-order valence-corrected chi connectivity index (χ2v) is 7.48. The molecule has 1 fully saturated rings. The summed E-state index contributed by atoms with van der Waals surface area (Å²) in [5.41, 5.74) is 1.45. The Labute approximate surface area is 182 Å². The van der Waals surface area contributed by atoms with Crippen molar-refractivity contribution in [3.8, 4) is 0 Å². The molecule has 1 heterocycles. The van der Waals surface area contributed by atoms with Crippen molar-refractivity contribution in [1.29, 1.82) is 0 Å². The highest BCUT2D eigenvalue weighted by atomic mass is 16.5. The van der Waals surface area contributed by atoms with E-state index in [1.54, 1.807) is 12.1 Å². The number of piperazine rings is 1. The number of nitrogens with one attached hydrogen (secondary N) is 1. The van der Waals surface area contributed by atoms with Crippen LogP contribution in [0.4, 0.5) is 5.69 Å². The molecule has 31 heavy (non-hydrogen) atoms. The average molecular weight is 434 g/mol. The highest BCUT2D eigenvalue weighted by Crippen LogP contribution is 2.17. The monoisotopic (exact) mass is 434 g/mol. The van der Waals surface area contributed by atoms with Gasteiger partial charge in [0.15, 0.2) is 0 Å². The van der Waals surface area contributed by atoms with Crippen molar-refractivity contribution < 1.29 is 28.7 Å². The van der Waals surface area contributed by atoms with Crippen LogP contribution in [0.25, 0.3) is 0 Å². The Bertz CT molecular complexity index is 811. The lowest BCUT2D eigenvalue weighted by Crippen LogP contribution is -2.63. The quantitative estimate of drug-likeness (QED) is 0.589. The van der Waals surface area contributed by atoms with Gasteiger partial charge in [0, 0.05) is 45.5 Å². The molecule has 1 saturated heterocycles. The normalized spacial score (nSPS) is 17.0. The van der Waals surface area contributed by atoms with E-state index >= 15 is 0 Å². The fourth-order valence-electron chi connectivity index (χ4n) is 3.33. The summed E-state index contributed by atoms with van der Waals surface area (Å²) in [6.45, 7) is 1.76. The second kappa shape index (κ2) is 10.8. The molecule has 0 radical (unpaired) electrons. The summed E-state index contributed by atoms with van der Waals surface area (Å²) in [6.07, 6.45) is 0. The number of carbonyl (C=O) groups excluding carboxylic acids is 4. The van der Waals surface area contributed by atoms with E-state index in [9.17, 15) is 19.2 Å². The summed E-state index contributed by atoms with van der Waals surface area (Å²) in [5.74, 6) is -1.74. The summed E-state index contributed by atoms with van der Waals surface area (Å²) in [4.78, 5) is 54.9. The molecule has 0 aliphatic carbocycles. The molecule has 1 N–H and O–H groups in total. The molecule has 10 nitrogen and oxygen atoms in total. The Morgan fingerprint density at radius 3 is 2.32 bits per heavy atom. The molecule has 3 amide bonds. The van der Waals surface area contributed by atoms with Gasteiger partial charge >= 0.3 is 5.97 Å². The van der Waals surface area contributed by atoms with E-state index in [1.807, 2.05) is 31.1 Å². The largest absolute Gasteiger partial charge is 0.467 e. The second-order valence-electron chi connectivity index (χ2n) is 7.48. The van der Waals surface area contributed by atoms with E-state index < -0.39 is 24.0 Å². The van der Waals surface area contributed by atoms with Crippen LogP contribution in [-0.4, -0.2) is 100 Å². The van der Waals surface area contributed by atoms with Gasteiger partial charge in [-0.2, -0.15) is 0 Å². The number of hydrogen-bond donors (Lipinski definition) is 1. The lowest BCUT2D eigenvalue weighted by molar-refractivity contribution is -0.149. The molecule has 2 atom stereocenters. The van der Waals surface area contributed by atoms with E-state index in [0.29, 0.717) is 5.56 Å². The molecule has 1 aromatic carbocycles. The van der Waals surface area contributed by atoms with E-state index in [4.69, 9.17) is 4.74 Å². The van der Waals surface area contributed by atoms with Crippen LogP contribution >= 0.6 is 0 Å². The van der Waals surface area contributed by atoms with E-state index in [1.165, 1.54) is 30.9 Å². The minimum Gasteiger partial charge on any atom is -0.467 e. The molecular weight excluding hydrogens is 404 g/mol. The number of amides is 3. The molecule has 0 aromatic heterocycles. The topological polar surface area (TPSA) is 108 Å². The predicted octanol–water partition coefficient (Wildman–Crippen LogP) is -0.270. The number of esters is 1. The number of hydrogen-bond acceptors (Lipinski definition) is 7. The van der Waals surface area contributed by atoms with Crippen LogP contribution in [0.1, 0.15) is 17.3 Å². The average Bonchev–Trinajstić information content (AvgIpc) is 2.77. The van der Waals surface area contributed by atoms with Crippen molar-refractivity contribution in [1.82, 2.24) is 15.1 Å². The predicted molar refractivity (Wildman–Crippen MR) is 114 cm³/mol. The van der Waals surface area contributed by atoms with E-state index in [0.717, 1.165) is 5.69 Å². The SMILES string of the molecule is COCC(=O)N1CCN(C(=O)c2ccc(N(C)C)cc2)C[C@@H]1C(=O)N[C@H](C)C(=O)OC. The fraction of sp³-hybridized carbons (Fsp3) is 0.524. The van der Waals surface area contributed by atoms with Crippen LogP contribution < -0.4 is 10.2 Å². The Balaban J connectivity index is 2.19. The zero-order valence-corrected chi connectivity index (χ0v) is 18.6. The smallest absolute Gasteiger partial charge is 0.328 e. The molecule has 1 aromatic rings. The van der Waals surface area contributed by atoms with Crippen molar-refractivity contribution in [3.05, 3.63) is 29.8 Å². The fourth-order valence-corrected chi connectivity index (χ4v) is 3.33. The summed E-state index contributed by atoms with van der Waals surface area (Å²) in [5, 5.41) is 2.55. The van der Waals surface area contributed by atoms with Gasteiger partial charge in [0.1, 0.15) is 18.7 Å². The molecule has 0 spiro atoms. The molecular formula is C21H30N4O6. The summed E-state index contributed by atoms with van der Waals surface area (Å²) < 4.78 is 9.55. The molecule has 0 bridgehead atoms. The number of anilines is 1. The number of methoxy groups -OCH3 is 2. The van der Waals surface area contributed by atoms with Crippen molar-refractivity contribution in [2.45, 2.75) is 19.0 Å². The lowest BCUT2D eigenvalue weighted by atomic mass is 10.1. The number of nitrogens with zero attached hydrogens (tertiary/aromatic N) is 3. The van der Waals surface area contributed by atoms with E-state index in [-0.39, 0.29) is 38.1 Å². The van der Waals surface area contributed by atoms with Gasteiger partial charge in [-0.3, -0.25) is 14.4 Å². The number of ether oxygens (including phenoxy) is 2. The van der Waals surface area contributed by atoms with Gasteiger partial charge in [0.2, 0.25) is 11.8 Å². The maximum atomic E-state index is 13.0. The van der Waals surface area contributed by atoms with Crippen LogP contribution in [-0.2, 0) is 23.9 Å². The summed E-state index contributed by atoms with van der Waals surface area (Å²) in [7, 11) is 6.43. The molecule has 170 valence electrons. The zero-order chi connectivity index (χ0) is 23.1. The van der Waals surface area contributed by atoms with Crippen molar-refractivity contribution in [2.24, 2.45) is 0 Å². The van der Waals surface area contributed by atoms with E-state index in [2.05, 4.69) is 10.1 Å². The maximum Gasteiger partial charge on any atom is 0.328 e. The minimum atomic E-state index is -0.950. The highest BCUT2D eigenvalue weighted by Gasteiger charge is 2.38. The highest BCUT2D eigenvalue weighted by molar-refractivity contribution is 5.96. The summed E-state index contributed by atoms with van der Waals surface area (Å²) >= 11 is 0. The first-order valence-corrected chi connectivity index (χ1v) is 9.92. The molecule has 0 saturated carbocycles. The Kier molecular flexibility index (Phi) is 8.38. The van der Waals surface area contributed by atoms with Crippen LogP contribution in [0.5, 0.6) is 0 Å². The third-order valence-electron chi connectivity index (χ3n) is 5.10. The number of carbonyl (C=O) groups is 4. The summed E-state index contributed by atoms with van der Waals surface area (Å²) in [6, 6.07) is 5.31. The van der Waals surface area contributed by atoms with Gasteiger partial charge in [-0.1, -0.05) is 0 Å². The van der Waals surface area contributed by atoms with Crippen molar-refractivity contribution in [3.63, 3.8) is 0 Å². The van der Waals surface area contributed by atoms with Gasteiger partial charge in [-0.25, -0.2) is 4.79 Å². The Morgan fingerprint density at radius 2 is 1.77 bits per heavy atom. The standard InChI is InChI=1S/C21H30N4O6/c1-14(21(29)31-5)22-19(27)17-12-24(10-11-25(17)18(26)13-30-4)20(28)15-6-8-16(9-7-15)23(2)3/h6-9,14,17H,10-13H2,1-5H3,(H,22,27)/t14-,17-/m1/s1. The first-order chi connectivity index (χ1) is 14.7. The van der Waals surface area contributed by atoms with Crippen LogP contribution in [0.15, 0.2) is 24.3 Å². The molecule has 2 rings (SSSR count). The van der Waals surface area contributed by atoms with Gasteiger partial charge in [0.05, 0.1) is 13.7 Å². The lowest BCUT2D eigenvalue weighted by Gasteiger charge is -2.40. The van der Waals surface area contributed by atoms with Crippen LogP contribution in [0.2, 0.25) is 0 Å². The number of rotatable bonds is 7. The van der Waals surface area contributed by atoms with Crippen molar-refractivity contribution in [2.75, 3.05) is 59.5 Å². The van der Waals surface area contributed by atoms with Crippen LogP contribution in [0, 0.1) is 0 Å². The van der Waals surface area contributed by atoms with Gasteiger partial charge in [-0.15, -0.1) is 0 Å². The van der Waals surface area contributed by atoms with Gasteiger partial charge < -0.3 is 29.5 Å². The molecule has 0 unspecified atom stereocenters. The number of benzene rings is 1. The first-order valence-electron chi connectivity index (χ1n) is 9.92. The van der Waals surface area contributed by atoms with Gasteiger partial charge in [-0.05, 0) is 31.2 Å². The minimum absolute atomic E-state index is 0.00342. The third-order valence-corrected chi connectivity index (χ3v) is 5.10. The van der Waals surface area contributed by atoms with Crippen LogP contribution in [0.3, 0.4) is 0 Å². The third kappa shape index (κ3) is 5.94. The first kappa shape index (κ1) is 24.1. The Hall–Kier alpha value is -3.14. The van der Waals surface area contributed by atoms with Gasteiger partial charge in [0.25, 0.3) is 5.91 Å². The molecule has 10 heteroatoms. The zero-order valence-electron chi connectivity index (χ0n) is 18.6. The molecule has 1 aliphatic heterocycles. The molecule has 1 aliphatic rings. The van der Waals surface area contributed by atoms with Crippen molar-refractivity contribution >= 4 is 29.4 Å².